The lowest BCUT2D eigenvalue weighted by atomic mass is 10.2. The maximum absolute atomic E-state index is 12.5. The van der Waals surface area contributed by atoms with Crippen LogP contribution in [0.4, 0.5) is 18.9 Å². The summed E-state index contributed by atoms with van der Waals surface area (Å²) in [6.45, 7) is 6.49. The van der Waals surface area contributed by atoms with Crippen molar-refractivity contribution >= 4 is 17.3 Å². The smallest absolute Gasteiger partial charge is 0.382 e. The van der Waals surface area contributed by atoms with Crippen LogP contribution in [0.3, 0.4) is 0 Å². The van der Waals surface area contributed by atoms with Crippen molar-refractivity contribution in [2.75, 3.05) is 18.5 Å². The topological polar surface area (TPSA) is 21.3 Å². The summed E-state index contributed by atoms with van der Waals surface area (Å²) in [4.78, 5) is 0. The van der Waals surface area contributed by atoms with Crippen LogP contribution in [0, 0.1) is 0 Å². The Bertz CT molecular complexity index is 427. The molecule has 0 radical (unpaired) electrons. The van der Waals surface area contributed by atoms with Crippen LogP contribution >= 0.6 is 11.6 Å². The molecule has 2 nitrogen and oxygen atoms in total. The van der Waals surface area contributed by atoms with E-state index in [1.54, 1.807) is 0 Å². The maximum Gasteiger partial charge on any atom is 0.416 e. The summed E-state index contributed by atoms with van der Waals surface area (Å²) < 4.78 is 43.1. The van der Waals surface area contributed by atoms with Crippen molar-refractivity contribution in [1.29, 1.82) is 0 Å². The normalized spacial score (nSPS) is 12.6. The Morgan fingerprint density at radius 1 is 1.21 bits per heavy atom. The number of rotatable bonds is 4. The molecule has 0 fully saturated rings. The van der Waals surface area contributed by atoms with Gasteiger partial charge in [0.2, 0.25) is 0 Å². The predicted octanol–water partition coefficient (Wildman–Crippen LogP) is 4.59. The van der Waals surface area contributed by atoms with E-state index in [-0.39, 0.29) is 16.3 Å². The molecule has 108 valence electrons. The molecule has 0 heterocycles. The van der Waals surface area contributed by atoms with E-state index in [9.17, 15) is 13.2 Å². The van der Waals surface area contributed by atoms with Gasteiger partial charge < -0.3 is 10.1 Å². The zero-order chi connectivity index (χ0) is 14.7. The number of hydrogen-bond acceptors (Lipinski definition) is 2. The number of halogens is 4. The number of hydrogen-bond donors (Lipinski definition) is 1. The molecule has 0 saturated carbocycles. The van der Waals surface area contributed by atoms with Gasteiger partial charge in [-0.05, 0) is 39.0 Å². The van der Waals surface area contributed by atoms with Crippen molar-refractivity contribution in [3.8, 4) is 0 Å². The first-order valence-electron chi connectivity index (χ1n) is 5.84. The van der Waals surface area contributed by atoms with E-state index in [4.69, 9.17) is 16.3 Å². The van der Waals surface area contributed by atoms with Gasteiger partial charge in [-0.1, -0.05) is 11.6 Å². The maximum atomic E-state index is 12.5. The highest BCUT2D eigenvalue weighted by atomic mass is 35.5. The second kappa shape index (κ2) is 6.01. The zero-order valence-electron chi connectivity index (χ0n) is 11.1. The number of alkyl halides is 3. The average Bonchev–Trinajstić information content (AvgIpc) is 2.23. The van der Waals surface area contributed by atoms with Gasteiger partial charge >= 0.3 is 6.18 Å². The largest absolute Gasteiger partial charge is 0.416 e. The molecule has 0 bridgehead atoms. The molecule has 19 heavy (non-hydrogen) atoms. The number of anilines is 1. The fourth-order valence-corrected chi connectivity index (χ4v) is 1.56. The van der Waals surface area contributed by atoms with Crippen LogP contribution in [0.5, 0.6) is 0 Å². The summed E-state index contributed by atoms with van der Waals surface area (Å²) in [7, 11) is 0. The Hall–Kier alpha value is -0.940. The van der Waals surface area contributed by atoms with Gasteiger partial charge in [-0.15, -0.1) is 0 Å². The van der Waals surface area contributed by atoms with Gasteiger partial charge in [0, 0.05) is 6.54 Å². The number of benzene rings is 1. The summed E-state index contributed by atoms with van der Waals surface area (Å²) in [5.41, 5.74) is -0.746. The summed E-state index contributed by atoms with van der Waals surface area (Å²) in [6, 6.07) is 3.19. The Morgan fingerprint density at radius 2 is 1.84 bits per heavy atom. The molecule has 1 aromatic rings. The van der Waals surface area contributed by atoms with E-state index in [0.717, 1.165) is 12.1 Å². The van der Waals surface area contributed by atoms with Crippen LogP contribution in [0.25, 0.3) is 0 Å². The monoisotopic (exact) mass is 295 g/mol. The highest BCUT2D eigenvalue weighted by Gasteiger charge is 2.30. The molecular formula is C13H17ClF3NO. The van der Waals surface area contributed by atoms with Gasteiger partial charge in [0.25, 0.3) is 0 Å². The van der Waals surface area contributed by atoms with Crippen molar-refractivity contribution < 1.29 is 17.9 Å². The minimum Gasteiger partial charge on any atom is -0.382 e. The van der Waals surface area contributed by atoms with Gasteiger partial charge in [-0.25, -0.2) is 0 Å². The van der Waals surface area contributed by atoms with Crippen LogP contribution in [-0.2, 0) is 10.9 Å². The zero-order valence-corrected chi connectivity index (χ0v) is 11.8. The second-order valence-corrected chi connectivity index (χ2v) is 5.49. The molecule has 1 rings (SSSR count). The molecule has 0 aromatic heterocycles. The number of nitrogens with one attached hydrogen (secondary N) is 1. The lowest BCUT2D eigenvalue weighted by Crippen LogP contribution is -2.23. The van der Waals surface area contributed by atoms with Crippen molar-refractivity contribution in [1.82, 2.24) is 0 Å². The first-order valence-corrected chi connectivity index (χ1v) is 6.22. The molecule has 0 aliphatic carbocycles. The van der Waals surface area contributed by atoms with Crippen molar-refractivity contribution in [3.05, 3.63) is 28.8 Å². The van der Waals surface area contributed by atoms with Crippen molar-refractivity contribution in [2.24, 2.45) is 0 Å². The molecule has 0 unspecified atom stereocenters. The Balaban J connectivity index is 2.63. The van der Waals surface area contributed by atoms with Gasteiger partial charge in [0.15, 0.2) is 0 Å². The highest BCUT2D eigenvalue weighted by molar-refractivity contribution is 6.33. The van der Waals surface area contributed by atoms with Crippen molar-refractivity contribution in [3.63, 3.8) is 0 Å². The quantitative estimate of drug-likeness (QED) is 0.821. The lowest BCUT2D eigenvalue weighted by molar-refractivity contribution is -0.137. The molecule has 0 amide bonds. The standard InChI is InChI=1S/C13H17ClF3NO/c1-12(2,3)19-7-6-18-11-8-9(13(15,16)17)4-5-10(11)14/h4-5,8,18H,6-7H2,1-3H3. The van der Waals surface area contributed by atoms with Gasteiger partial charge in [0.1, 0.15) is 0 Å². The van der Waals surface area contributed by atoms with E-state index < -0.39 is 11.7 Å². The predicted molar refractivity (Wildman–Crippen MR) is 70.6 cm³/mol. The highest BCUT2D eigenvalue weighted by Crippen LogP contribution is 2.33. The molecule has 1 aromatic carbocycles. The van der Waals surface area contributed by atoms with E-state index in [1.807, 2.05) is 20.8 Å². The summed E-state index contributed by atoms with van der Waals surface area (Å²) in [5, 5.41) is 3.09. The lowest BCUT2D eigenvalue weighted by Gasteiger charge is -2.20. The van der Waals surface area contributed by atoms with E-state index in [0.29, 0.717) is 13.2 Å². The fraction of sp³-hybridized carbons (Fsp3) is 0.538. The third kappa shape index (κ3) is 5.70. The fourth-order valence-electron chi connectivity index (χ4n) is 1.38. The van der Waals surface area contributed by atoms with E-state index in [1.165, 1.54) is 6.07 Å². The Morgan fingerprint density at radius 3 is 2.37 bits per heavy atom. The van der Waals surface area contributed by atoms with Crippen LogP contribution in [0.1, 0.15) is 26.3 Å². The average molecular weight is 296 g/mol. The van der Waals surface area contributed by atoms with Crippen LogP contribution in [0.2, 0.25) is 5.02 Å². The summed E-state index contributed by atoms with van der Waals surface area (Å²) in [5.74, 6) is 0. The summed E-state index contributed by atoms with van der Waals surface area (Å²) in [6.07, 6.45) is -4.37. The van der Waals surface area contributed by atoms with E-state index >= 15 is 0 Å². The molecule has 0 saturated heterocycles. The third-order valence-electron chi connectivity index (χ3n) is 2.25. The Labute approximate surface area is 115 Å². The molecular weight excluding hydrogens is 279 g/mol. The first-order chi connectivity index (χ1) is 8.59. The molecule has 0 aliphatic rings. The third-order valence-corrected chi connectivity index (χ3v) is 2.58. The summed E-state index contributed by atoms with van der Waals surface area (Å²) >= 11 is 5.84. The molecule has 0 atom stereocenters. The van der Waals surface area contributed by atoms with Crippen LogP contribution in [0.15, 0.2) is 18.2 Å². The Kier molecular flexibility index (Phi) is 5.10. The van der Waals surface area contributed by atoms with E-state index in [2.05, 4.69) is 5.32 Å². The first kappa shape index (κ1) is 16.1. The molecule has 1 N–H and O–H groups in total. The SMILES string of the molecule is CC(C)(C)OCCNc1cc(C(F)(F)F)ccc1Cl. The van der Waals surface area contributed by atoms with Gasteiger partial charge in [-0.3, -0.25) is 0 Å². The van der Waals surface area contributed by atoms with Gasteiger partial charge in [0.05, 0.1) is 28.5 Å². The number of ether oxygens (including phenoxy) is 1. The molecule has 0 spiro atoms. The molecule has 6 heteroatoms. The van der Waals surface area contributed by atoms with Crippen LogP contribution in [-0.4, -0.2) is 18.8 Å². The second-order valence-electron chi connectivity index (χ2n) is 5.08. The minimum atomic E-state index is -4.37. The molecule has 0 aliphatic heterocycles. The van der Waals surface area contributed by atoms with Gasteiger partial charge in [-0.2, -0.15) is 13.2 Å². The minimum absolute atomic E-state index is 0.253. The van der Waals surface area contributed by atoms with Crippen molar-refractivity contribution in [2.45, 2.75) is 32.5 Å². The van der Waals surface area contributed by atoms with Crippen LogP contribution < -0.4 is 5.32 Å².